The van der Waals surface area contributed by atoms with Crippen molar-refractivity contribution in [3.05, 3.63) is 42.7 Å². The van der Waals surface area contributed by atoms with Crippen LogP contribution in [-0.4, -0.2) is 34.4 Å². The van der Waals surface area contributed by atoms with Gasteiger partial charge in [0.25, 0.3) is 0 Å². The molecule has 1 aromatic carbocycles. The lowest BCUT2D eigenvalue weighted by atomic mass is 10.2. The molecule has 2 aromatic rings. The van der Waals surface area contributed by atoms with Crippen LogP contribution in [0.5, 0.6) is 0 Å². The number of nitrogens with one attached hydrogen (secondary N) is 1. The summed E-state index contributed by atoms with van der Waals surface area (Å²) in [6.45, 7) is 0.820. The first kappa shape index (κ1) is 11.8. The van der Waals surface area contributed by atoms with Crippen LogP contribution in [0.3, 0.4) is 0 Å². The predicted octanol–water partition coefficient (Wildman–Crippen LogP) is 1.13. The Hall–Kier alpha value is -1.65. The van der Waals surface area contributed by atoms with Gasteiger partial charge >= 0.3 is 0 Å². The third-order valence-corrected chi connectivity index (χ3v) is 2.79. The van der Waals surface area contributed by atoms with E-state index in [-0.39, 0.29) is 12.6 Å². The summed E-state index contributed by atoms with van der Waals surface area (Å²) < 4.78 is 2.05. The molecule has 17 heavy (non-hydrogen) atoms. The Morgan fingerprint density at radius 1 is 1.35 bits per heavy atom. The van der Waals surface area contributed by atoms with Gasteiger partial charge in [0.2, 0.25) is 0 Å². The molecule has 1 unspecified atom stereocenters. The second-order valence-corrected chi connectivity index (χ2v) is 3.94. The minimum absolute atomic E-state index is 0.0478. The maximum Gasteiger partial charge on any atom is 0.139 e. The summed E-state index contributed by atoms with van der Waals surface area (Å²) >= 11 is 0. The van der Waals surface area contributed by atoms with Gasteiger partial charge in [-0.1, -0.05) is 30.3 Å². The van der Waals surface area contributed by atoms with E-state index in [2.05, 4.69) is 10.3 Å². The molecule has 0 saturated carbocycles. The van der Waals surface area contributed by atoms with Gasteiger partial charge in [-0.15, -0.1) is 0 Å². The molecule has 0 fully saturated rings. The zero-order valence-electron chi connectivity index (χ0n) is 9.87. The molecule has 0 aliphatic heterocycles. The molecule has 0 spiro atoms. The normalized spacial score (nSPS) is 12.6. The average Bonchev–Trinajstić information content (AvgIpc) is 2.85. The number of aliphatic hydroxyl groups is 1. The summed E-state index contributed by atoms with van der Waals surface area (Å²) in [7, 11) is 1.85. The highest BCUT2D eigenvalue weighted by Crippen LogP contribution is 2.16. The maximum atomic E-state index is 9.19. The van der Waals surface area contributed by atoms with E-state index < -0.39 is 0 Å². The van der Waals surface area contributed by atoms with Crippen LogP contribution in [0.25, 0.3) is 11.4 Å². The summed E-state index contributed by atoms with van der Waals surface area (Å²) in [5, 5.41) is 12.3. The Morgan fingerprint density at radius 2 is 2.12 bits per heavy atom. The summed E-state index contributed by atoms with van der Waals surface area (Å²) in [5.41, 5.74) is 1.09. The lowest BCUT2D eigenvalue weighted by molar-refractivity contribution is 0.236. The summed E-state index contributed by atoms with van der Waals surface area (Å²) in [6, 6.07) is 10.1. The second-order valence-electron chi connectivity index (χ2n) is 3.94. The molecule has 2 rings (SSSR count). The molecule has 1 atom stereocenters. The van der Waals surface area contributed by atoms with Gasteiger partial charge in [0.15, 0.2) is 0 Å². The third kappa shape index (κ3) is 2.72. The molecular formula is C13H17N3O. The van der Waals surface area contributed by atoms with Crippen LogP contribution in [0, 0.1) is 0 Å². The van der Waals surface area contributed by atoms with E-state index in [0.717, 1.165) is 11.4 Å². The van der Waals surface area contributed by atoms with Gasteiger partial charge in [0.1, 0.15) is 5.82 Å². The van der Waals surface area contributed by atoms with E-state index in [1.54, 1.807) is 6.20 Å². The number of benzene rings is 1. The number of rotatable bonds is 5. The monoisotopic (exact) mass is 231 g/mol. The molecule has 0 aliphatic rings. The number of nitrogens with zero attached hydrogens (tertiary/aromatic N) is 2. The molecule has 0 bridgehead atoms. The number of hydrogen-bond acceptors (Lipinski definition) is 3. The van der Waals surface area contributed by atoms with Crippen molar-refractivity contribution in [3.63, 3.8) is 0 Å². The summed E-state index contributed by atoms with van der Waals surface area (Å²) in [5.74, 6) is 0.930. The molecule has 0 radical (unpaired) electrons. The van der Waals surface area contributed by atoms with E-state index in [1.807, 2.05) is 48.1 Å². The zero-order chi connectivity index (χ0) is 12.1. The maximum absolute atomic E-state index is 9.19. The lowest BCUT2D eigenvalue weighted by Gasteiger charge is -2.15. The molecule has 4 nitrogen and oxygen atoms in total. The van der Waals surface area contributed by atoms with E-state index >= 15 is 0 Å². The van der Waals surface area contributed by atoms with Crippen molar-refractivity contribution in [1.82, 2.24) is 14.9 Å². The van der Waals surface area contributed by atoms with Crippen molar-refractivity contribution in [2.75, 3.05) is 13.7 Å². The van der Waals surface area contributed by atoms with Gasteiger partial charge in [-0.25, -0.2) is 4.98 Å². The number of imidazole rings is 1. The van der Waals surface area contributed by atoms with Gasteiger partial charge < -0.3 is 15.0 Å². The smallest absolute Gasteiger partial charge is 0.139 e. The van der Waals surface area contributed by atoms with Crippen LogP contribution in [0.1, 0.15) is 0 Å². The average molecular weight is 231 g/mol. The van der Waals surface area contributed by atoms with E-state index in [9.17, 15) is 5.11 Å². The molecule has 2 N–H and O–H groups in total. The number of aromatic nitrogens is 2. The highest BCUT2D eigenvalue weighted by molar-refractivity contribution is 5.55. The number of aliphatic hydroxyl groups excluding tert-OH is 1. The Morgan fingerprint density at radius 3 is 2.76 bits per heavy atom. The fraction of sp³-hybridized carbons (Fsp3) is 0.308. The zero-order valence-corrected chi connectivity index (χ0v) is 9.87. The Bertz CT molecular complexity index is 449. The predicted molar refractivity (Wildman–Crippen MR) is 67.6 cm³/mol. The van der Waals surface area contributed by atoms with Crippen molar-refractivity contribution >= 4 is 0 Å². The van der Waals surface area contributed by atoms with Gasteiger partial charge in [-0.2, -0.15) is 0 Å². The SMILES string of the molecule is CNC(CO)Cn1ccnc1-c1ccccc1. The minimum Gasteiger partial charge on any atom is -0.395 e. The second kappa shape index (κ2) is 5.61. The third-order valence-electron chi connectivity index (χ3n) is 2.79. The van der Waals surface area contributed by atoms with Gasteiger partial charge in [0.05, 0.1) is 6.61 Å². The van der Waals surface area contributed by atoms with Crippen molar-refractivity contribution in [3.8, 4) is 11.4 Å². The van der Waals surface area contributed by atoms with Crippen LogP contribution in [0.15, 0.2) is 42.7 Å². The standard InChI is InChI=1S/C13H17N3O/c1-14-12(10-17)9-16-8-7-15-13(16)11-5-3-2-4-6-11/h2-8,12,14,17H,9-10H2,1H3. The first-order valence-electron chi connectivity index (χ1n) is 5.70. The number of likely N-dealkylation sites (N-methyl/N-ethyl adjacent to an activating group) is 1. The lowest BCUT2D eigenvalue weighted by Crippen LogP contribution is -2.33. The Balaban J connectivity index is 2.23. The quantitative estimate of drug-likeness (QED) is 0.811. The van der Waals surface area contributed by atoms with Gasteiger partial charge in [-0.3, -0.25) is 0 Å². The Kier molecular flexibility index (Phi) is 3.90. The van der Waals surface area contributed by atoms with Gasteiger partial charge in [-0.05, 0) is 7.05 Å². The fourth-order valence-corrected chi connectivity index (χ4v) is 1.78. The first-order chi connectivity index (χ1) is 8.35. The fourth-order valence-electron chi connectivity index (χ4n) is 1.78. The Labute approximate surface area is 101 Å². The molecule has 4 heteroatoms. The van der Waals surface area contributed by atoms with E-state index in [0.29, 0.717) is 6.54 Å². The van der Waals surface area contributed by atoms with Crippen LogP contribution in [-0.2, 0) is 6.54 Å². The van der Waals surface area contributed by atoms with E-state index in [1.165, 1.54) is 0 Å². The summed E-state index contributed by atoms with van der Waals surface area (Å²) in [6.07, 6.45) is 3.72. The topological polar surface area (TPSA) is 50.1 Å². The van der Waals surface area contributed by atoms with Gasteiger partial charge in [0, 0.05) is 30.5 Å². The van der Waals surface area contributed by atoms with Crippen LogP contribution < -0.4 is 5.32 Å². The highest BCUT2D eigenvalue weighted by Gasteiger charge is 2.09. The molecular weight excluding hydrogens is 214 g/mol. The molecule has 90 valence electrons. The number of hydrogen-bond donors (Lipinski definition) is 2. The van der Waals surface area contributed by atoms with Crippen molar-refractivity contribution in [2.45, 2.75) is 12.6 Å². The van der Waals surface area contributed by atoms with Crippen molar-refractivity contribution < 1.29 is 5.11 Å². The highest BCUT2D eigenvalue weighted by atomic mass is 16.3. The molecule has 0 saturated heterocycles. The molecule has 0 amide bonds. The molecule has 0 aliphatic carbocycles. The molecule has 1 aromatic heterocycles. The van der Waals surface area contributed by atoms with E-state index in [4.69, 9.17) is 0 Å². The first-order valence-corrected chi connectivity index (χ1v) is 5.70. The minimum atomic E-state index is 0.0478. The van der Waals surface area contributed by atoms with Crippen LogP contribution in [0.2, 0.25) is 0 Å². The molecule has 1 heterocycles. The van der Waals surface area contributed by atoms with Crippen molar-refractivity contribution in [2.24, 2.45) is 0 Å². The van der Waals surface area contributed by atoms with Crippen LogP contribution in [0.4, 0.5) is 0 Å². The summed E-state index contributed by atoms with van der Waals surface area (Å²) in [4.78, 5) is 4.36. The largest absolute Gasteiger partial charge is 0.395 e. The van der Waals surface area contributed by atoms with Crippen LogP contribution >= 0.6 is 0 Å². The van der Waals surface area contributed by atoms with Crippen molar-refractivity contribution in [1.29, 1.82) is 0 Å².